The largest absolute Gasteiger partial charge is 0.465 e. The van der Waals surface area contributed by atoms with Gasteiger partial charge in [0.15, 0.2) is 0 Å². The molecule has 3 atom stereocenters. The van der Waals surface area contributed by atoms with E-state index in [1.54, 1.807) is 19.1 Å². The Morgan fingerprint density at radius 3 is 2.94 bits per heavy atom. The standard InChI is InChI=1S/C11H12BrNO4/c1-6-9(5-13(15)16)8-4-7(12)2-3-10(8)17-11(6)14/h2-4,6,9,11,14H,5H2,1H3/t6-,9+,11?/m0/s1. The number of fused-ring (bicyclic) bond motifs is 1. The number of hydrogen-bond acceptors (Lipinski definition) is 4. The zero-order valence-corrected chi connectivity index (χ0v) is 10.8. The van der Waals surface area contributed by atoms with Gasteiger partial charge in [-0.2, -0.15) is 0 Å². The highest BCUT2D eigenvalue weighted by molar-refractivity contribution is 9.10. The molecule has 0 spiro atoms. The normalized spacial score (nSPS) is 27.1. The minimum absolute atomic E-state index is 0.203. The molecule has 92 valence electrons. The highest BCUT2D eigenvalue weighted by atomic mass is 79.9. The van der Waals surface area contributed by atoms with E-state index in [2.05, 4.69) is 15.9 Å². The van der Waals surface area contributed by atoms with E-state index in [0.29, 0.717) is 5.75 Å². The summed E-state index contributed by atoms with van der Waals surface area (Å²) in [4.78, 5) is 10.3. The maximum absolute atomic E-state index is 10.7. The van der Waals surface area contributed by atoms with Crippen LogP contribution in [-0.2, 0) is 0 Å². The van der Waals surface area contributed by atoms with E-state index in [9.17, 15) is 15.2 Å². The summed E-state index contributed by atoms with van der Waals surface area (Å²) in [7, 11) is 0. The first-order valence-corrected chi connectivity index (χ1v) is 6.04. The Labute approximate surface area is 107 Å². The average molecular weight is 302 g/mol. The van der Waals surface area contributed by atoms with Crippen molar-refractivity contribution in [1.29, 1.82) is 0 Å². The lowest BCUT2D eigenvalue weighted by Gasteiger charge is -2.33. The van der Waals surface area contributed by atoms with E-state index in [4.69, 9.17) is 4.74 Å². The van der Waals surface area contributed by atoms with E-state index in [-0.39, 0.29) is 23.3 Å². The number of nitro groups is 1. The van der Waals surface area contributed by atoms with Crippen molar-refractivity contribution in [2.75, 3.05) is 6.54 Å². The minimum atomic E-state index is -0.992. The van der Waals surface area contributed by atoms with E-state index in [0.717, 1.165) is 10.0 Å². The van der Waals surface area contributed by atoms with Crippen LogP contribution in [0.25, 0.3) is 0 Å². The van der Waals surface area contributed by atoms with Crippen LogP contribution in [0.1, 0.15) is 18.4 Å². The molecule has 2 rings (SSSR count). The molecule has 0 radical (unpaired) electrons. The lowest BCUT2D eigenvalue weighted by Crippen LogP contribution is -2.36. The van der Waals surface area contributed by atoms with Crippen LogP contribution < -0.4 is 4.74 Å². The summed E-state index contributed by atoms with van der Waals surface area (Å²) in [6, 6.07) is 5.30. The number of aliphatic hydroxyl groups is 1. The number of hydrogen-bond donors (Lipinski definition) is 1. The number of halogens is 1. The van der Waals surface area contributed by atoms with Crippen molar-refractivity contribution in [1.82, 2.24) is 0 Å². The van der Waals surface area contributed by atoms with Gasteiger partial charge in [-0.05, 0) is 18.2 Å². The molecule has 17 heavy (non-hydrogen) atoms. The SMILES string of the molecule is C[C@@H]1C(O)Oc2ccc(Br)cc2[C@@H]1C[N+](=O)[O-]. The fourth-order valence-electron chi connectivity index (χ4n) is 2.06. The first-order chi connectivity index (χ1) is 7.99. The summed E-state index contributed by atoms with van der Waals surface area (Å²) in [5.41, 5.74) is 0.772. The van der Waals surface area contributed by atoms with Gasteiger partial charge in [0.2, 0.25) is 12.8 Å². The van der Waals surface area contributed by atoms with Crippen LogP contribution in [0.5, 0.6) is 5.75 Å². The Bertz CT molecular complexity index is 451. The average Bonchev–Trinajstić information content (AvgIpc) is 2.25. The van der Waals surface area contributed by atoms with Crippen LogP contribution in [0.2, 0.25) is 0 Å². The van der Waals surface area contributed by atoms with Gasteiger partial charge in [-0.25, -0.2) is 0 Å². The van der Waals surface area contributed by atoms with Crippen molar-refractivity contribution >= 4 is 15.9 Å². The van der Waals surface area contributed by atoms with Crippen molar-refractivity contribution in [2.24, 2.45) is 5.92 Å². The van der Waals surface area contributed by atoms with Gasteiger partial charge < -0.3 is 9.84 Å². The van der Waals surface area contributed by atoms with Crippen LogP contribution in [0.15, 0.2) is 22.7 Å². The molecule has 1 aromatic rings. The molecule has 0 aromatic heterocycles. The molecule has 5 nitrogen and oxygen atoms in total. The van der Waals surface area contributed by atoms with Crippen molar-refractivity contribution in [3.63, 3.8) is 0 Å². The maximum atomic E-state index is 10.7. The van der Waals surface area contributed by atoms with Crippen molar-refractivity contribution in [2.45, 2.75) is 19.1 Å². The molecule has 0 fully saturated rings. The summed E-state index contributed by atoms with van der Waals surface area (Å²) in [5, 5.41) is 20.4. The van der Waals surface area contributed by atoms with Gasteiger partial charge in [-0.3, -0.25) is 10.1 Å². The monoisotopic (exact) mass is 301 g/mol. The zero-order chi connectivity index (χ0) is 12.6. The van der Waals surface area contributed by atoms with Gasteiger partial charge in [0.05, 0.1) is 5.92 Å². The lowest BCUT2D eigenvalue weighted by atomic mass is 9.84. The number of ether oxygens (including phenoxy) is 1. The Balaban J connectivity index is 2.42. The van der Waals surface area contributed by atoms with Crippen LogP contribution >= 0.6 is 15.9 Å². The van der Waals surface area contributed by atoms with Gasteiger partial charge in [-0.1, -0.05) is 22.9 Å². The molecule has 1 aliphatic heterocycles. The second-order valence-electron chi connectivity index (χ2n) is 4.17. The van der Waals surface area contributed by atoms with Gasteiger partial charge in [0.25, 0.3) is 0 Å². The Hall–Kier alpha value is -1.14. The molecule has 1 aliphatic rings. The second-order valence-corrected chi connectivity index (χ2v) is 5.09. The molecule has 1 N–H and O–H groups in total. The Kier molecular flexibility index (Phi) is 3.35. The predicted octanol–water partition coefficient (Wildman–Crippen LogP) is 2.16. The number of aliphatic hydroxyl groups excluding tert-OH is 1. The number of benzene rings is 1. The lowest BCUT2D eigenvalue weighted by molar-refractivity contribution is -0.486. The highest BCUT2D eigenvalue weighted by Crippen LogP contribution is 2.40. The fourth-order valence-corrected chi connectivity index (χ4v) is 2.44. The van der Waals surface area contributed by atoms with Crippen molar-refractivity contribution in [3.05, 3.63) is 38.3 Å². The molecule has 0 amide bonds. The van der Waals surface area contributed by atoms with E-state index in [1.807, 2.05) is 6.07 Å². The van der Waals surface area contributed by atoms with Gasteiger partial charge in [0.1, 0.15) is 5.75 Å². The number of nitrogens with zero attached hydrogens (tertiary/aromatic N) is 1. The summed E-state index contributed by atoms with van der Waals surface area (Å²) in [6.45, 7) is 1.55. The molecule has 1 aromatic carbocycles. The maximum Gasteiger partial charge on any atom is 0.211 e. The fraction of sp³-hybridized carbons (Fsp3) is 0.455. The zero-order valence-electron chi connectivity index (χ0n) is 9.17. The van der Waals surface area contributed by atoms with Crippen molar-refractivity contribution < 1.29 is 14.8 Å². The first-order valence-electron chi connectivity index (χ1n) is 5.25. The predicted molar refractivity (Wildman–Crippen MR) is 64.5 cm³/mol. The van der Waals surface area contributed by atoms with Gasteiger partial charge in [-0.15, -0.1) is 0 Å². The van der Waals surface area contributed by atoms with E-state index in [1.165, 1.54) is 0 Å². The summed E-state index contributed by atoms with van der Waals surface area (Å²) < 4.78 is 6.17. The quantitative estimate of drug-likeness (QED) is 0.671. The van der Waals surface area contributed by atoms with Gasteiger partial charge in [0, 0.05) is 20.9 Å². The number of rotatable bonds is 2. The Morgan fingerprint density at radius 2 is 2.29 bits per heavy atom. The summed E-state index contributed by atoms with van der Waals surface area (Å²) in [5.74, 6) is -0.117. The second kappa shape index (κ2) is 4.62. The molecule has 0 saturated carbocycles. The third-order valence-corrected chi connectivity index (χ3v) is 3.54. The molecule has 1 unspecified atom stereocenters. The first kappa shape index (κ1) is 12.3. The van der Waals surface area contributed by atoms with E-state index < -0.39 is 6.29 Å². The van der Waals surface area contributed by atoms with E-state index >= 15 is 0 Å². The van der Waals surface area contributed by atoms with Gasteiger partial charge >= 0.3 is 0 Å². The molecule has 0 aliphatic carbocycles. The molecule has 6 heteroatoms. The van der Waals surface area contributed by atoms with Crippen LogP contribution in [0.3, 0.4) is 0 Å². The van der Waals surface area contributed by atoms with Crippen molar-refractivity contribution in [3.8, 4) is 5.75 Å². The summed E-state index contributed by atoms with van der Waals surface area (Å²) >= 11 is 3.33. The topological polar surface area (TPSA) is 72.6 Å². The Morgan fingerprint density at radius 1 is 1.59 bits per heavy atom. The molecular formula is C11H12BrNO4. The van der Waals surface area contributed by atoms with Crippen LogP contribution in [0.4, 0.5) is 0 Å². The summed E-state index contributed by atoms with van der Waals surface area (Å²) in [6.07, 6.45) is -0.992. The minimum Gasteiger partial charge on any atom is -0.465 e. The molecule has 1 heterocycles. The molecule has 0 saturated heterocycles. The third kappa shape index (κ3) is 2.42. The third-order valence-electron chi connectivity index (χ3n) is 3.05. The van der Waals surface area contributed by atoms with Crippen LogP contribution in [-0.4, -0.2) is 22.9 Å². The highest BCUT2D eigenvalue weighted by Gasteiger charge is 2.37. The molecule has 0 bridgehead atoms. The smallest absolute Gasteiger partial charge is 0.211 e. The van der Waals surface area contributed by atoms with Crippen LogP contribution in [0, 0.1) is 16.0 Å². The molecular weight excluding hydrogens is 290 g/mol.